The molecule has 2 unspecified atom stereocenters. The predicted molar refractivity (Wildman–Crippen MR) is 70.0 cm³/mol. The van der Waals surface area contributed by atoms with Crippen LogP contribution >= 0.6 is 0 Å². The first-order valence-corrected chi connectivity index (χ1v) is 7.17. The molecule has 0 aliphatic heterocycles. The molecular weight excluding hydrogens is 226 g/mol. The lowest BCUT2D eigenvalue weighted by Gasteiger charge is -2.18. The fourth-order valence-corrected chi connectivity index (χ4v) is 3.08. The van der Waals surface area contributed by atoms with Gasteiger partial charge in [-0.1, -0.05) is 6.42 Å². The van der Waals surface area contributed by atoms with Crippen molar-refractivity contribution < 1.29 is 4.74 Å². The van der Waals surface area contributed by atoms with Gasteiger partial charge in [0, 0.05) is 6.04 Å². The molecule has 0 aromatic carbocycles. The highest BCUT2D eigenvalue weighted by atomic mass is 16.5. The van der Waals surface area contributed by atoms with E-state index in [4.69, 9.17) is 10.5 Å². The zero-order valence-electron chi connectivity index (χ0n) is 10.9. The largest absolute Gasteiger partial charge is 0.375 e. The van der Waals surface area contributed by atoms with Gasteiger partial charge in [-0.3, -0.25) is 0 Å². The monoisotopic (exact) mass is 249 g/mol. The molecule has 1 heterocycles. The lowest BCUT2D eigenvalue weighted by Crippen LogP contribution is -2.22. The number of hydrogen-bond donors (Lipinski definition) is 1. The topological polar surface area (TPSA) is 53.1 Å². The maximum absolute atomic E-state index is 5.90. The Morgan fingerprint density at radius 1 is 1.28 bits per heavy atom. The zero-order chi connectivity index (χ0) is 12.4. The summed E-state index contributed by atoms with van der Waals surface area (Å²) in [6.07, 6.45) is 10.3. The van der Waals surface area contributed by atoms with Crippen molar-refractivity contribution in [3.63, 3.8) is 0 Å². The molecule has 4 heteroatoms. The highest BCUT2D eigenvalue weighted by molar-refractivity contribution is 5.02. The first kappa shape index (κ1) is 12.2. The van der Waals surface area contributed by atoms with Gasteiger partial charge in [-0.15, -0.1) is 0 Å². The van der Waals surface area contributed by atoms with E-state index in [-0.39, 0.29) is 0 Å². The predicted octanol–water partition coefficient (Wildman–Crippen LogP) is 2.11. The number of aromatic nitrogens is 2. The zero-order valence-corrected chi connectivity index (χ0v) is 10.9. The summed E-state index contributed by atoms with van der Waals surface area (Å²) in [5, 5.41) is 0. The first-order valence-electron chi connectivity index (χ1n) is 7.17. The molecule has 2 aliphatic carbocycles. The van der Waals surface area contributed by atoms with Crippen LogP contribution in [0.3, 0.4) is 0 Å². The lowest BCUT2D eigenvalue weighted by atomic mass is 9.97. The van der Waals surface area contributed by atoms with Crippen molar-refractivity contribution in [3.05, 3.63) is 18.2 Å². The second-order valence-corrected chi connectivity index (χ2v) is 5.73. The highest BCUT2D eigenvalue weighted by Crippen LogP contribution is 2.36. The van der Waals surface area contributed by atoms with E-state index in [1.807, 2.05) is 12.5 Å². The van der Waals surface area contributed by atoms with E-state index in [1.54, 1.807) is 0 Å². The number of ether oxygens (including phenoxy) is 1. The van der Waals surface area contributed by atoms with Gasteiger partial charge in [0.1, 0.15) is 0 Å². The van der Waals surface area contributed by atoms with Crippen LogP contribution in [-0.2, 0) is 11.3 Å². The van der Waals surface area contributed by atoms with E-state index < -0.39 is 0 Å². The molecule has 0 amide bonds. The van der Waals surface area contributed by atoms with Crippen LogP contribution in [0.5, 0.6) is 0 Å². The van der Waals surface area contributed by atoms with E-state index in [0.29, 0.717) is 24.5 Å². The minimum absolute atomic E-state index is 0.673. The van der Waals surface area contributed by atoms with Crippen molar-refractivity contribution in [1.29, 1.82) is 0 Å². The normalized spacial score (nSPS) is 27.8. The summed E-state index contributed by atoms with van der Waals surface area (Å²) < 4.78 is 8.17. The van der Waals surface area contributed by atoms with Crippen LogP contribution in [-0.4, -0.2) is 22.7 Å². The smallest absolute Gasteiger partial charge is 0.0951 e. The van der Waals surface area contributed by atoms with Crippen LogP contribution in [0, 0.1) is 11.8 Å². The lowest BCUT2D eigenvalue weighted by molar-refractivity contribution is 0.0716. The first-order chi connectivity index (χ1) is 8.88. The molecule has 4 nitrogen and oxygen atoms in total. The Morgan fingerprint density at radius 3 is 2.89 bits per heavy atom. The molecule has 2 fully saturated rings. The van der Waals surface area contributed by atoms with Crippen molar-refractivity contribution in [2.24, 2.45) is 17.6 Å². The Morgan fingerprint density at radius 2 is 2.11 bits per heavy atom. The third-order valence-electron chi connectivity index (χ3n) is 4.39. The van der Waals surface area contributed by atoms with Gasteiger partial charge in [-0.25, -0.2) is 4.98 Å². The fraction of sp³-hybridized carbons (Fsp3) is 0.786. The number of nitrogens with zero attached hydrogens (tertiary/aromatic N) is 2. The van der Waals surface area contributed by atoms with Gasteiger partial charge in [-0.05, 0) is 44.1 Å². The summed E-state index contributed by atoms with van der Waals surface area (Å²) in [4.78, 5) is 4.23. The van der Waals surface area contributed by atoms with Gasteiger partial charge in [0.05, 0.1) is 31.4 Å². The Hall–Kier alpha value is -0.870. The average Bonchev–Trinajstić information content (AvgIpc) is 2.96. The summed E-state index contributed by atoms with van der Waals surface area (Å²) in [5.41, 5.74) is 7.01. The molecule has 0 radical (unpaired) electrons. The molecule has 1 aromatic heterocycles. The van der Waals surface area contributed by atoms with E-state index in [9.17, 15) is 0 Å². The van der Waals surface area contributed by atoms with Crippen LogP contribution in [0.1, 0.15) is 43.8 Å². The van der Waals surface area contributed by atoms with Crippen LogP contribution in [0.15, 0.2) is 12.5 Å². The van der Waals surface area contributed by atoms with Gasteiger partial charge in [0.2, 0.25) is 0 Å². The Balaban J connectivity index is 1.47. The summed E-state index contributed by atoms with van der Waals surface area (Å²) in [6, 6.07) is 0.689. The molecular formula is C14H23N3O. The Labute approximate surface area is 109 Å². The summed E-state index contributed by atoms with van der Waals surface area (Å²) in [5.74, 6) is 1.35. The van der Waals surface area contributed by atoms with Gasteiger partial charge in [0.25, 0.3) is 0 Å². The maximum Gasteiger partial charge on any atom is 0.0951 e. The van der Waals surface area contributed by atoms with E-state index in [0.717, 1.165) is 13.2 Å². The molecule has 0 bridgehead atoms. The maximum atomic E-state index is 5.90. The second-order valence-electron chi connectivity index (χ2n) is 5.73. The van der Waals surface area contributed by atoms with Gasteiger partial charge in [-0.2, -0.15) is 0 Å². The molecule has 100 valence electrons. The minimum Gasteiger partial charge on any atom is -0.375 e. The molecule has 2 saturated carbocycles. The van der Waals surface area contributed by atoms with E-state index >= 15 is 0 Å². The average molecular weight is 249 g/mol. The Bertz CT molecular complexity index is 386. The molecule has 2 atom stereocenters. The molecule has 3 rings (SSSR count). The summed E-state index contributed by atoms with van der Waals surface area (Å²) in [6.45, 7) is 2.37. The molecule has 1 aromatic rings. The summed E-state index contributed by atoms with van der Waals surface area (Å²) in [7, 11) is 0. The third kappa shape index (κ3) is 2.59. The van der Waals surface area contributed by atoms with Crippen molar-refractivity contribution in [2.75, 3.05) is 13.2 Å². The van der Waals surface area contributed by atoms with Crippen molar-refractivity contribution >= 4 is 0 Å². The molecule has 18 heavy (non-hydrogen) atoms. The van der Waals surface area contributed by atoms with Crippen molar-refractivity contribution in [2.45, 2.75) is 44.8 Å². The number of hydrogen-bond acceptors (Lipinski definition) is 3. The van der Waals surface area contributed by atoms with Crippen molar-refractivity contribution in [1.82, 2.24) is 9.55 Å². The number of imidazole rings is 1. The molecule has 2 N–H and O–H groups in total. The minimum atomic E-state index is 0.673. The van der Waals surface area contributed by atoms with Gasteiger partial charge in [0.15, 0.2) is 0 Å². The number of rotatable bonds is 6. The van der Waals surface area contributed by atoms with Crippen LogP contribution in [0.4, 0.5) is 0 Å². The molecule has 0 spiro atoms. The van der Waals surface area contributed by atoms with Crippen LogP contribution in [0.2, 0.25) is 0 Å². The van der Waals surface area contributed by atoms with E-state index in [1.165, 1.54) is 37.8 Å². The third-order valence-corrected chi connectivity index (χ3v) is 4.39. The quantitative estimate of drug-likeness (QED) is 0.840. The Kier molecular flexibility index (Phi) is 3.66. The standard InChI is InChI=1S/C14H23N3O/c15-6-11-2-1-3-12(11)8-18-9-14-7-16-10-17(14)13-4-5-13/h7,10-13H,1-6,8-9,15H2. The van der Waals surface area contributed by atoms with E-state index in [2.05, 4.69) is 9.55 Å². The van der Waals surface area contributed by atoms with Crippen LogP contribution < -0.4 is 5.73 Å². The van der Waals surface area contributed by atoms with Crippen LogP contribution in [0.25, 0.3) is 0 Å². The van der Waals surface area contributed by atoms with Crippen molar-refractivity contribution in [3.8, 4) is 0 Å². The summed E-state index contributed by atoms with van der Waals surface area (Å²) >= 11 is 0. The highest BCUT2D eigenvalue weighted by Gasteiger charge is 2.27. The molecule has 2 aliphatic rings. The fourth-order valence-electron chi connectivity index (χ4n) is 3.08. The second kappa shape index (κ2) is 5.41. The SMILES string of the molecule is NCC1CCCC1COCc1cncn1C1CC1. The molecule has 0 saturated heterocycles. The van der Waals surface area contributed by atoms with Gasteiger partial charge < -0.3 is 15.0 Å². The number of nitrogens with two attached hydrogens (primary N) is 1. The van der Waals surface area contributed by atoms with Gasteiger partial charge >= 0.3 is 0 Å².